The van der Waals surface area contributed by atoms with Crippen molar-refractivity contribution in [2.24, 2.45) is 5.73 Å². The maximum Gasteiger partial charge on any atom is 0.213 e. The lowest BCUT2D eigenvalue weighted by Gasteiger charge is -2.14. The summed E-state index contributed by atoms with van der Waals surface area (Å²) in [7, 11) is 0. The highest BCUT2D eigenvalue weighted by atomic mass is 16.5. The minimum absolute atomic E-state index is 0.193. The third-order valence-electron chi connectivity index (χ3n) is 3.29. The van der Waals surface area contributed by atoms with Gasteiger partial charge in [0.15, 0.2) is 0 Å². The van der Waals surface area contributed by atoms with E-state index in [9.17, 15) is 0 Å². The summed E-state index contributed by atoms with van der Waals surface area (Å²) in [6, 6.07) is 4.44. The number of nitrogens with zero attached hydrogens (tertiary/aromatic N) is 2. The molecule has 0 aliphatic carbocycles. The quantitative estimate of drug-likeness (QED) is 0.741. The molecule has 0 saturated carbocycles. The van der Waals surface area contributed by atoms with Crippen LogP contribution in [0.4, 0.5) is 0 Å². The van der Waals surface area contributed by atoms with Crippen molar-refractivity contribution in [1.82, 2.24) is 9.88 Å². The van der Waals surface area contributed by atoms with Gasteiger partial charge in [0.25, 0.3) is 0 Å². The van der Waals surface area contributed by atoms with Gasteiger partial charge in [-0.2, -0.15) is 0 Å². The van der Waals surface area contributed by atoms with Crippen molar-refractivity contribution < 1.29 is 4.74 Å². The molecule has 0 aromatic carbocycles. The highest BCUT2D eigenvalue weighted by Crippen LogP contribution is 2.12. The lowest BCUT2D eigenvalue weighted by atomic mass is 10.1. The van der Waals surface area contributed by atoms with Crippen molar-refractivity contribution in [3.63, 3.8) is 0 Å². The Labute approximate surface area is 163 Å². The molecular formula is C22H45N3O. The number of hydrogen-bond acceptors (Lipinski definition) is 4. The van der Waals surface area contributed by atoms with Crippen LogP contribution < -0.4 is 10.5 Å². The molecule has 1 aromatic rings. The van der Waals surface area contributed by atoms with Crippen LogP contribution in [0.1, 0.15) is 80.2 Å². The predicted molar refractivity (Wildman–Crippen MR) is 116 cm³/mol. The molecule has 2 N–H and O–H groups in total. The molecule has 1 aliphatic rings. The van der Waals surface area contributed by atoms with Gasteiger partial charge in [0, 0.05) is 12.3 Å². The van der Waals surface area contributed by atoms with E-state index < -0.39 is 0 Å². The van der Waals surface area contributed by atoms with Crippen LogP contribution in [0.2, 0.25) is 0 Å². The average Bonchev–Trinajstić information content (AvgIpc) is 3.13. The molecule has 4 nitrogen and oxygen atoms in total. The molecule has 2 rings (SSSR count). The van der Waals surface area contributed by atoms with Crippen LogP contribution in [0, 0.1) is 0 Å². The van der Waals surface area contributed by atoms with Crippen molar-refractivity contribution in [1.29, 1.82) is 0 Å². The average molecular weight is 368 g/mol. The molecule has 1 aliphatic heterocycles. The first-order chi connectivity index (χ1) is 12.5. The molecule has 1 fully saturated rings. The van der Waals surface area contributed by atoms with Crippen LogP contribution in [-0.4, -0.2) is 41.7 Å². The summed E-state index contributed by atoms with van der Waals surface area (Å²) in [5.74, 6) is 0.730. The second-order valence-corrected chi connectivity index (χ2v) is 6.57. The van der Waals surface area contributed by atoms with Gasteiger partial charge in [0.1, 0.15) is 0 Å². The van der Waals surface area contributed by atoms with Crippen LogP contribution in [0.15, 0.2) is 18.3 Å². The Balaban J connectivity index is 0. The van der Waals surface area contributed by atoms with Crippen molar-refractivity contribution in [3.05, 3.63) is 23.9 Å². The second-order valence-electron chi connectivity index (χ2n) is 6.57. The lowest BCUT2D eigenvalue weighted by Crippen LogP contribution is -2.20. The number of hydrogen-bond donors (Lipinski definition) is 1. The van der Waals surface area contributed by atoms with Gasteiger partial charge < -0.3 is 15.4 Å². The number of nitrogens with two attached hydrogens (primary N) is 1. The van der Waals surface area contributed by atoms with E-state index in [4.69, 9.17) is 10.5 Å². The molecule has 1 saturated heterocycles. The molecule has 0 bridgehead atoms. The maximum atomic E-state index is 5.54. The van der Waals surface area contributed by atoms with Crippen molar-refractivity contribution in [2.75, 3.05) is 19.6 Å². The summed E-state index contributed by atoms with van der Waals surface area (Å²) < 4.78 is 5.54. The molecule has 0 radical (unpaired) electrons. The number of likely N-dealkylation sites (tertiary alicyclic amines) is 1. The third-order valence-corrected chi connectivity index (χ3v) is 3.29. The monoisotopic (exact) mass is 367 g/mol. The molecule has 26 heavy (non-hydrogen) atoms. The molecule has 0 amide bonds. The fraction of sp³-hybridized carbons (Fsp3) is 0.773. The van der Waals surface area contributed by atoms with Gasteiger partial charge in [-0.15, -0.1) is 0 Å². The minimum atomic E-state index is 0.193. The summed E-state index contributed by atoms with van der Waals surface area (Å²) in [5, 5.41) is 0. The summed E-state index contributed by atoms with van der Waals surface area (Å²) >= 11 is 0. The Hall–Kier alpha value is -1.13. The largest absolute Gasteiger partial charge is 0.475 e. The molecule has 4 heteroatoms. The van der Waals surface area contributed by atoms with Crippen LogP contribution in [0.3, 0.4) is 0 Å². The SMILES string of the molecule is CC.CC.CC(C)N.CC(C)Oc1ccc(CCCN2CCCC2)cn1. The van der Waals surface area contributed by atoms with Crippen LogP contribution in [0.25, 0.3) is 0 Å². The first-order valence-corrected chi connectivity index (χ1v) is 10.6. The number of ether oxygens (including phenoxy) is 1. The molecule has 0 unspecified atom stereocenters. The Morgan fingerprint density at radius 2 is 1.58 bits per heavy atom. The van der Waals surface area contributed by atoms with Gasteiger partial charge in [0.05, 0.1) is 6.10 Å². The Bertz CT molecular complexity index is 382. The van der Waals surface area contributed by atoms with E-state index >= 15 is 0 Å². The van der Waals surface area contributed by atoms with E-state index in [2.05, 4.69) is 16.0 Å². The lowest BCUT2D eigenvalue weighted by molar-refractivity contribution is 0.232. The zero-order chi connectivity index (χ0) is 20.4. The van der Waals surface area contributed by atoms with E-state index in [-0.39, 0.29) is 6.10 Å². The highest BCUT2D eigenvalue weighted by molar-refractivity contribution is 5.18. The van der Waals surface area contributed by atoms with E-state index in [1.165, 1.54) is 44.5 Å². The highest BCUT2D eigenvalue weighted by Gasteiger charge is 2.10. The minimum Gasteiger partial charge on any atom is -0.475 e. The summed E-state index contributed by atoms with van der Waals surface area (Å²) in [6.45, 7) is 19.7. The van der Waals surface area contributed by atoms with Crippen LogP contribution in [-0.2, 0) is 6.42 Å². The van der Waals surface area contributed by atoms with Crippen molar-refractivity contribution >= 4 is 0 Å². The van der Waals surface area contributed by atoms with E-state index in [0.29, 0.717) is 6.04 Å². The Kier molecular flexibility index (Phi) is 19.4. The molecule has 0 atom stereocenters. The predicted octanol–water partition coefficient (Wildman–Crippen LogP) is 5.30. The number of rotatable bonds is 6. The third kappa shape index (κ3) is 16.3. The molecule has 154 valence electrons. The second kappa shape index (κ2) is 18.7. The Morgan fingerprint density at radius 1 is 1.04 bits per heavy atom. The molecule has 0 spiro atoms. The first kappa shape index (κ1) is 27.1. The number of aryl methyl sites for hydroxylation is 1. The number of pyridine rings is 1. The molecular weight excluding hydrogens is 322 g/mol. The van der Waals surface area contributed by atoms with Crippen molar-refractivity contribution in [3.8, 4) is 5.88 Å². The van der Waals surface area contributed by atoms with Crippen LogP contribution >= 0.6 is 0 Å². The van der Waals surface area contributed by atoms with Gasteiger partial charge in [-0.25, -0.2) is 4.98 Å². The molecule has 2 heterocycles. The fourth-order valence-corrected chi connectivity index (χ4v) is 2.38. The van der Waals surface area contributed by atoms with E-state index in [1.807, 2.05) is 67.7 Å². The fourth-order valence-electron chi connectivity index (χ4n) is 2.38. The standard InChI is InChI=1S/C15H24N2O.C3H9N.2C2H6/c1-13(2)18-15-8-7-14(12-16-15)6-5-11-17-9-3-4-10-17;1-3(2)4;2*1-2/h7-8,12-13H,3-6,9-11H2,1-2H3;3H,4H2,1-2H3;2*1-2H3. The molecule has 1 aromatic heterocycles. The normalized spacial score (nSPS) is 13.2. The summed E-state index contributed by atoms with van der Waals surface area (Å²) in [6.07, 6.45) is 7.24. The van der Waals surface area contributed by atoms with Gasteiger partial charge >= 0.3 is 0 Å². The van der Waals surface area contributed by atoms with Gasteiger partial charge in [-0.1, -0.05) is 47.6 Å². The zero-order valence-electron chi connectivity index (χ0n) is 18.7. The number of aromatic nitrogens is 1. The van der Waals surface area contributed by atoms with Gasteiger partial charge in [-0.05, 0) is 70.8 Å². The summed E-state index contributed by atoms with van der Waals surface area (Å²) in [4.78, 5) is 6.89. The van der Waals surface area contributed by atoms with Crippen LogP contribution in [0.5, 0.6) is 5.88 Å². The van der Waals surface area contributed by atoms with Gasteiger partial charge in [-0.3, -0.25) is 0 Å². The zero-order valence-corrected chi connectivity index (χ0v) is 18.7. The summed E-state index contributed by atoms with van der Waals surface area (Å²) in [5.41, 5.74) is 6.42. The smallest absolute Gasteiger partial charge is 0.213 e. The Morgan fingerprint density at radius 3 is 2.00 bits per heavy atom. The first-order valence-electron chi connectivity index (χ1n) is 10.6. The van der Waals surface area contributed by atoms with E-state index in [1.54, 1.807) is 0 Å². The van der Waals surface area contributed by atoms with E-state index in [0.717, 1.165) is 12.3 Å². The van der Waals surface area contributed by atoms with Crippen molar-refractivity contribution in [2.45, 2.75) is 93.2 Å². The maximum absolute atomic E-state index is 5.54. The topological polar surface area (TPSA) is 51.4 Å². The van der Waals surface area contributed by atoms with Gasteiger partial charge in [0.2, 0.25) is 5.88 Å².